The van der Waals surface area contributed by atoms with Gasteiger partial charge in [0.25, 0.3) is 5.78 Å². The van der Waals surface area contributed by atoms with Crippen LogP contribution in [-0.4, -0.2) is 35.5 Å². The Hall–Kier alpha value is -4.17. The number of Topliss-reactive ketones (excluding diaryl/α,β-unsaturated/α-hetero) is 1. The molecule has 1 saturated heterocycles. The van der Waals surface area contributed by atoms with Gasteiger partial charge in [0.15, 0.2) is 5.13 Å². The Kier molecular flexibility index (Phi) is 6.91. The molecule has 0 aliphatic carbocycles. The molecule has 1 amide bonds. The fraction of sp³-hybridized carbons (Fsp3) is 0.233. The summed E-state index contributed by atoms with van der Waals surface area (Å²) in [6, 6.07) is 17.2. The van der Waals surface area contributed by atoms with Gasteiger partial charge in [-0.3, -0.25) is 14.5 Å². The SMILES string of the molecule is CCCOc1cccc(C(O)=C2C(=O)C(=O)N(c3nc4c(C)cc(C)cc4s3)C2c2ccc(OC)cc2)c1. The number of anilines is 1. The number of rotatable bonds is 7. The second-order valence-corrected chi connectivity index (χ2v) is 10.3. The molecule has 1 unspecified atom stereocenters. The average molecular weight is 529 g/mol. The van der Waals surface area contributed by atoms with Gasteiger partial charge in [0.1, 0.15) is 17.3 Å². The van der Waals surface area contributed by atoms with Crippen molar-refractivity contribution >= 4 is 44.1 Å². The van der Waals surface area contributed by atoms with Crippen LogP contribution in [0.4, 0.5) is 5.13 Å². The number of carbonyl (C=O) groups is 2. The second-order valence-electron chi connectivity index (χ2n) is 9.24. The molecule has 4 aromatic rings. The Morgan fingerprint density at radius 2 is 1.82 bits per heavy atom. The van der Waals surface area contributed by atoms with Crippen molar-refractivity contribution in [3.63, 3.8) is 0 Å². The maximum Gasteiger partial charge on any atom is 0.301 e. The minimum Gasteiger partial charge on any atom is -0.507 e. The number of hydrogen-bond acceptors (Lipinski definition) is 7. The van der Waals surface area contributed by atoms with E-state index in [-0.39, 0.29) is 11.3 Å². The van der Waals surface area contributed by atoms with Crippen LogP contribution in [-0.2, 0) is 9.59 Å². The number of methoxy groups -OCH3 is 1. The zero-order valence-electron chi connectivity index (χ0n) is 21.6. The molecule has 1 aliphatic rings. The van der Waals surface area contributed by atoms with Gasteiger partial charge in [0, 0.05) is 5.56 Å². The Morgan fingerprint density at radius 3 is 2.53 bits per heavy atom. The van der Waals surface area contributed by atoms with Gasteiger partial charge in [-0.15, -0.1) is 0 Å². The molecule has 1 N–H and O–H groups in total. The third kappa shape index (κ3) is 4.52. The highest BCUT2D eigenvalue weighted by molar-refractivity contribution is 7.22. The van der Waals surface area contributed by atoms with Crippen molar-refractivity contribution in [2.45, 2.75) is 33.2 Å². The number of aliphatic hydroxyl groups excluding tert-OH is 1. The van der Waals surface area contributed by atoms with Gasteiger partial charge in [-0.05, 0) is 67.3 Å². The number of aliphatic hydroxyl groups is 1. The molecule has 38 heavy (non-hydrogen) atoms. The van der Waals surface area contributed by atoms with E-state index in [0.717, 1.165) is 27.8 Å². The van der Waals surface area contributed by atoms with E-state index in [1.807, 2.05) is 32.9 Å². The third-order valence-electron chi connectivity index (χ3n) is 6.48. The predicted molar refractivity (Wildman–Crippen MR) is 149 cm³/mol. The standard InChI is InChI=1S/C30H28N2O5S/c1-5-13-37-22-8-6-7-20(16-22)27(33)24-26(19-9-11-21(36-4)12-10-19)32(29(35)28(24)34)30-31-25-18(3)14-17(2)15-23(25)38-30/h6-12,14-16,26,33H,5,13H2,1-4H3. The van der Waals surface area contributed by atoms with E-state index in [1.165, 1.54) is 16.2 Å². The summed E-state index contributed by atoms with van der Waals surface area (Å²) in [6.07, 6.45) is 0.833. The molecule has 1 aliphatic heterocycles. The van der Waals surface area contributed by atoms with Gasteiger partial charge in [-0.1, -0.05) is 48.6 Å². The van der Waals surface area contributed by atoms with Crippen molar-refractivity contribution in [3.8, 4) is 11.5 Å². The smallest absolute Gasteiger partial charge is 0.301 e. The molecule has 7 nitrogen and oxygen atoms in total. The first-order valence-corrected chi connectivity index (χ1v) is 13.2. The number of nitrogens with zero attached hydrogens (tertiary/aromatic N) is 2. The van der Waals surface area contributed by atoms with E-state index in [1.54, 1.807) is 55.6 Å². The first-order chi connectivity index (χ1) is 18.3. The van der Waals surface area contributed by atoms with Crippen LogP contribution in [0.2, 0.25) is 0 Å². The zero-order valence-corrected chi connectivity index (χ0v) is 22.5. The number of hydrogen-bond donors (Lipinski definition) is 1. The van der Waals surface area contributed by atoms with E-state index < -0.39 is 17.7 Å². The molecule has 1 fully saturated rings. The van der Waals surface area contributed by atoms with Crippen LogP contribution < -0.4 is 14.4 Å². The van der Waals surface area contributed by atoms with Gasteiger partial charge < -0.3 is 14.6 Å². The van der Waals surface area contributed by atoms with Crippen molar-refractivity contribution in [1.29, 1.82) is 0 Å². The summed E-state index contributed by atoms with van der Waals surface area (Å²) < 4.78 is 12.0. The van der Waals surface area contributed by atoms with Crippen LogP contribution in [0.1, 0.15) is 41.6 Å². The first-order valence-electron chi connectivity index (χ1n) is 12.4. The Labute approximate surface area is 225 Å². The van der Waals surface area contributed by atoms with Crippen molar-refractivity contribution < 1.29 is 24.2 Å². The lowest BCUT2D eigenvalue weighted by molar-refractivity contribution is -0.132. The van der Waals surface area contributed by atoms with Crippen molar-refractivity contribution in [2.24, 2.45) is 0 Å². The predicted octanol–water partition coefficient (Wildman–Crippen LogP) is 6.34. The number of amides is 1. The van der Waals surface area contributed by atoms with Crippen LogP contribution in [0.25, 0.3) is 16.0 Å². The van der Waals surface area contributed by atoms with Gasteiger partial charge >= 0.3 is 5.91 Å². The molecule has 3 aromatic carbocycles. The Morgan fingerprint density at radius 1 is 1.05 bits per heavy atom. The maximum absolute atomic E-state index is 13.5. The maximum atomic E-state index is 13.5. The molecule has 0 saturated carbocycles. The fourth-order valence-electron chi connectivity index (χ4n) is 4.70. The van der Waals surface area contributed by atoms with Crippen LogP contribution in [0.15, 0.2) is 66.2 Å². The summed E-state index contributed by atoms with van der Waals surface area (Å²) in [4.78, 5) is 33.2. The van der Waals surface area contributed by atoms with Crippen molar-refractivity contribution in [1.82, 2.24) is 4.98 Å². The lowest BCUT2D eigenvalue weighted by Gasteiger charge is -2.23. The first kappa shape index (κ1) is 25.5. The summed E-state index contributed by atoms with van der Waals surface area (Å²) >= 11 is 1.35. The molecule has 8 heteroatoms. The van der Waals surface area contributed by atoms with Crippen LogP contribution in [0.3, 0.4) is 0 Å². The van der Waals surface area contributed by atoms with Gasteiger partial charge in [-0.2, -0.15) is 0 Å². The molecule has 0 radical (unpaired) electrons. The van der Waals surface area contributed by atoms with Gasteiger partial charge in [0.05, 0.1) is 35.5 Å². The summed E-state index contributed by atoms with van der Waals surface area (Å²) in [5, 5.41) is 11.9. The summed E-state index contributed by atoms with van der Waals surface area (Å²) in [5.41, 5.74) is 3.91. The van der Waals surface area contributed by atoms with Crippen LogP contribution >= 0.6 is 11.3 Å². The number of aryl methyl sites for hydroxylation is 2. The topological polar surface area (TPSA) is 89.0 Å². The van der Waals surface area contributed by atoms with E-state index >= 15 is 0 Å². The molecule has 1 atom stereocenters. The summed E-state index contributed by atoms with van der Waals surface area (Å²) in [5.74, 6) is -0.558. The minimum atomic E-state index is -0.872. The third-order valence-corrected chi connectivity index (χ3v) is 7.48. The van der Waals surface area contributed by atoms with Gasteiger partial charge in [-0.25, -0.2) is 4.98 Å². The Bertz CT molecular complexity index is 1570. The fourth-order valence-corrected chi connectivity index (χ4v) is 5.87. The summed E-state index contributed by atoms with van der Waals surface area (Å²) in [7, 11) is 1.57. The zero-order chi connectivity index (χ0) is 27.0. The highest BCUT2D eigenvalue weighted by Gasteiger charge is 2.48. The van der Waals surface area contributed by atoms with Crippen molar-refractivity contribution in [2.75, 3.05) is 18.6 Å². The Balaban J connectivity index is 1.69. The molecule has 1 aromatic heterocycles. The van der Waals surface area contributed by atoms with E-state index in [9.17, 15) is 14.7 Å². The number of carbonyl (C=O) groups excluding carboxylic acids is 2. The number of thiazole rings is 1. The quantitative estimate of drug-likeness (QED) is 0.171. The van der Waals surface area contributed by atoms with E-state index in [4.69, 9.17) is 14.5 Å². The van der Waals surface area contributed by atoms with Gasteiger partial charge in [0.2, 0.25) is 0 Å². The number of ketones is 1. The normalized spacial score (nSPS) is 16.8. The lowest BCUT2D eigenvalue weighted by atomic mass is 9.95. The molecule has 2 heterocycles. The lowest BCUT2D eigenvalue weighted by Crippen LogP contribution is -2.29. The van der Waals surface area contributed by atoms with E-state index in [0.29, 0.717) is 34.4 Å². The molecule has 5 rings (SSSR count). The number of benzene rings is 3. The number of aromatic nitrogens is 1. The van der Waals surface area contributed by atoms with Crippen molar-refractivity contribution in [3.05, 3.63) is 88.5 Å². The van der Waals surface area contributed by atoms with Crippen LogP contribution in [0.5, 0.6) is 11.5 Å². The highest BCUT2D eigenvalue weighted by atomic mass is 32.1. The highest BCUT2D eigenvalue weighted by Crippen LogP contribution is 2.45. The molecule has 0 bridgehead atoms. The second kappa shape index (κ2) is 10.3. The molecule has 194 valence electrons. The molecular weight excluding hydrogens is 500 g/mol. The molecular formula is C30H28N2O5S. The van der Waals surface area contributed by atoms with Crippen LogP contribution in [0, 0.1) is 13.8 Å². The monoisotopic (exact) mass is 528 g/mol. The molecule has 0 spiro atoms. The van der Waals surface area contributed by atoms with E-state index in [2.05, 4.69) is 0 Å². The average Bonchev–Trinajstić information content (AvgIpc) is 3.45. The summed E-state index contributed by atoms with van der Waals surface area (Å²) in [6.45, 7) is 6.51. The number of ether oxygens (including phenoxy) is 2. The largest absolute Gasteiger partial charge is 0.507 e. The minimum absolute atomic E-state index is 0.0000306. The number of fused-ring (bicyclic) bond motifs is 1.